The highest BCUT2D eigenvalue weighted by Crippen LogP contribution is 2.32. The van der Waals surface area contributed by atoms with Gasteiger partial charge in [0.1, 0.15) is 5.82 Å². The Morgan fingerprint density at radius 3 is 2.60 bits per heavy atom. The second-order valence-corrected chi connectivity index (χ2v) is 8.64. The summed E-state index contributed by atoms with van der Waals surface area (Å²) in [5, 5.41) is 8.21. The lowest BCUT2D eigenvalue weighted by Crippen LogP contribution is -2.47. The van der Waals surface area contributed by atoms with E-state index < -0.39 is 12.3 Å². The number of carbonyl (C=O) groups excluding carboxylic acids is 2. The van der Waals surface area contributed by atoms with Gasteiger partial charge in [0.25, 0.3) is 12.3 Å². The molecule has 1 aliphatic carbocycles. The highest BCUT2D eigenvalue weighted by Gasteiger charge is 2.36. The van der Waals surface area contributed by atoms with Crippen molar-refractivity contribution in [2.24, 2.45) is 13.0 Å². The molecular formula is C24H23F2N7O2. The zero-order valence-electron chi connectivity index (χ0n) is 19.2. The fourth-order valence-corrected chi connectivity index (χ4v) is 4.08. The van der Waals surface area contributed by atoms with E-state index in [2.05, 4.69) is 15.1 Å². The summed E-state index contributed by atoms with van der Waals surface area (Å²) >= 11 is 0. The van der Waals surface area contributed by atoms with Gasteiger partial charge in [0.15, 0.2) is 0 Å². The maximum atomic E-state index is 13.7. The summed E-state index contributed by atoms with van der Waals surface area (Å²) in [7, 11) is 3.31. The van der Waals surface area contributed by atoms with Crippen molar-refractivity contribution in [1.29, 1.82) is 0 Å². The summed E-state index contributed by atoms with van der Waals surface area (Å²) in [4.78, 5) is 35.0. The summed E-state index contributed by atoms with van der Waals surface area (Å²) in [5.41, 5.74) is 7.90. The van der Waals surface area contributed by atoms with E-state index >= 15 is 0 Å². The largest absolute Gasteiger partial charge is 0.383 e. The van der Waals surface area contributed by atoms with Gasteiger partial charge in [-0.25, -0.2) is 18.8 Å². The van der Waals surface area contributed by atoms with Crippen LogP contribution in [0.15, 0.2) is 42.7 Å². The molecule has 1 fully saturated rings. The van der Waals surface area contributed by atoms with Gasteiger partial charge in [0.05, 0.1) is 34.9 Å². The molecule has 3 heterocycles. The van der Waals surface area contributed by atoms with E-state index in [0.717, 1.165) is 24.6 Å². The number of hydrogen-bond donors (Lipinski definition) is 1. The SMILES string of the molecule is CN(C(=O)C1CC1)N(Cc1ccc(C(F)F)cn1)C(=O)c1ccc2nc(N)c3cnn(C)c3c2c1. The Kier molecular flexibility index (Phi) is 5.54. The summed E-state index contributed by atoms with van der Waals surface area (Å²) in [5.74, 6) is -0.390. The van der Waals surface area contributed by atoms with E-state index in [0.29, 0.717) is 33.4 Å². The maximum Gasteiger partial charge on any atom is 0.272 e. The third-order valence-corrected chi connectivity index (χ3v) is 6.21. The quantitative estimate of drug-likeness (QED) is 0.439. The predicted molar refractivity (Wildman–Crippen MR) is 125 cm³/mol. The Bertz CT molecular complexity index is 1450. The zero-order chi connectivity index (χ0) is 24.9. The number of hydrogen-bond acceptors (Lipinski definition) is 6. The average molecular weight is 479 g/mol. The van der Waals surface area contributed by atoms with Gasteiger partial charge in [-0.05, 0) is 43.2 Å². The number of carbonyl (C=O) groups is 2. The third kappa shape index (κ3) is 4.13. The van der Waals surface area contributed by atoms with Crippen LogP contribution in [0.2, 0.25) is 0 Å². The van der Waals surface area contributed by atoms with Gasteiger partial charge < -0.3 is 5.73 Å². The number of rotatable bonds is 5. The third-order valence-electron chi connectivity index (χ3n) is 6.21. The minimum absolute atomic E-state index is 0.0591. The van der Waals surface area contributed by atoms with Crippen LogP contribution in [-0.2, 0) is 18.4 Å². The molecule has 0 unspecified atom stereocenters. The highest BCUT2D eigenvalue weighted by atomic mass is 19.3. The van der Waals surface area contributed by atoms with Crippen molar-refractivity contribution >= 4 is 39.4 Å². The van der Waals surface area contributed by atoms with Crippen molar-refractivity contribution in [1.82, 2.24) is 29.8 Å². The Balaban J connectivity index is 1.54. The molecule has 3 aromatic heterocycles. The number of hydrazine groups is 1. The van der Waals surface area contributed by atoms with E-state index in [1.54, 1.807) is 36.1 Å². The standard InChI is InChI=1S/C24H23F2N7O2/c1-31-20-17-9-14(6-8-19(17)30-22(27)18(20)11-29-31)24(35)33(32(2)23(34)13-3-4-13)12-16-7-5-15(10-28-16)21(25)26/h5-11,13,21H,3-4,12H2,1-2H3,(H2,27,30). The molecule has 4 aromatic rings. The number of halogens is 2. The second-order valence-electron chi connectivity index (χ2n) is 8.64. The Labute approximate surface area is 199 Å². The molecule has 0 spiro atoms. The Morgan fingerprint density at radius 2 is 1.94 bits per heavy atom. The molecule has 1 aliphatic rings. The molecule has 0 bridgehead atoms. The number of nitrogens with zero attached hydrogens (tertiary/aromatic N) is 6. The first-order chi connectivity index (χ1) is 16.7. The fourth-order valence-electron chi connectivity index (χ4n) is 4.08. The molecule has 0 aliphatic heterocycles. The average Bonchev–Trinajstić information content (AvgIpc) is 3.63. The number of fused-ring (bicyclic) bond motifs is 3. The minimum atomic E-state index is -2.64. The molecule has 11 heteroatoms. The van der Waals surface area contributed by atoms with E-state index in [4.69, 9.17) is 5.73 Å². The number of pyridine rings is 2. The number of alkyl halides is 2. The van der Waals surface area contributed by atoms with Crippen molar-refractivity contribution in [3.8, 4) is 0 Å². The van der Waals surface area contributed by atoms with Crippen LogP contribution in [0.5, 0.6) is 0 Å². The van der Waals surface area contributed by atoms with E-state index in [1.807, 2.05) is 0 Å². The first-order valence-corrected chi connectivity index (χ1v) is 11.1. The summed E-state index contributed by atoms with van der Waals surface area (Å²) in [6, 6.07) is 7.72. The molecule has 2 N–H and O–H groups in total. The smallest absolute Gasteiger partial charge is 0.272 e. The molecule has 2 amide bonds. The molecule has 0 radical (unpaired) electrons. The van der Waals surface area contributed by atoms with Crippen molar-refractivity contribution < 1.29 is 18.4 Å². The molecule has 9 nitrogen and oxygen atoms in total. The number of amides is 2. The number of nitrogens with two attached hydrogens (primary N) is 1. The molecule has 1 saturated carbocycles. The van der Waals surface area contributed by atoms with Crippen LogP contribution in [-0.4, -0.2) is 48.6 Å². The van der Waals surface area contributed by atoms with Crippen LogP contribution in [0.4, 0.5) is 14.6 Å². The molecule has 0 atom stereocenters. The van der Waals surface area contributed by atoms with Crippen LogP contribution in [0.1, 0.15) is 40.9 Å². The zero-order valence-corrected chi connectivity index (χ0v) is 19.2. The van der Waals surface area contributed by atoms with Gasteiger partial charge in [-0.2, -0.15) is 5.10 Å². The molecule has 0 saturated heterocycles. The minimum Gasteiger partial charge on any atom is -0.383 e. The lowest BCUT2D eigenvalue weighted by molar-refractivity contribution is -0.144. The van der Waals surface area contributed by atoms with E-state index in [-0.39, 0.29) is 23.9 Å². The molecule has 5 rings (SSSR count). The first-order valence-electron chi connectivity index (χ1n) is 11.1. The Hall–Kier alpha value is -4.15. The van der Waals surface area contributed by atoms with Gasteiger partial charge >= 0.3 is 0 Å². The van der Waals surface area contributed by atoms with Gasteiger partial charge in [-0.1, -0.05) is 0 Å². The molecule has 1 aromatic carbocycles. The van der Waals surface area contributed by atoms with E-state index in [1.165, 1.54) is 29.2 Å². The topological polar surface area (TPSA) is 110 Å². The number of anilines is 1. The first kappa shape index (κ1) is 22.6. The van der Waals surface area contributed by atoms with Crippen LogP contribution in [0.3, 0.4) is 0 Å². The monoisotopic (exact) mass is 479 g/mol. The van der Waals surface area contributed by atoms with Gasteiger partial charge in [0, 0.05) is 42.7 Å². The van der Waals surface area contributed by atoms with Gasteiger partial charge in [-0.3, -0.25) is 24.3 Å². The van der Waals surface area contributed by atoms with Crippen molar-refractivity contribution in [2.75, 3.05) is 12.8 Å². The molecule has 180 valence electrons. The highest BCUT2D eigenvalue weighted by molar-refractivity contribution is 6.10. The summed E-state index contributed by atoms with van der Waals surface area (Å²) in [6.07, 6.45) is 1.60. The van der Waals surface area contributed by atoms with Crippen LogP contribution >= 0.6 is 0 Å². The second kappa shape index (κ2) is 8.57. The van der Waals surface area contributed by atoms with Crippen molar-refractivity contribution in [3.63, 3.8) is 0 Å². The van der Waals surface area contributed by atoms with Crippen molar-refractivity contribution in [2.45, 2.75) is 25.8 Å². The Morgan fingerprint density at radius 1 is 1.17 bits per heavy atom. The maximum absolute atomic E-state index is 13.7. The summed E-state index contributed by atoms with van der Waals surface area (Å²) in [6.45, 7) is -0.0591. The van der Waals surface area contributed by atoms with Gasteiger partial charge in [-0.15, -0.1) is 0 Å². The van der Waals surface area contributed by atoms with E-state index in [9.17, 15) is 18.4 Å². The summed E-state index contributed by atoms with van der Waals surface area (Å²) < 4.78 is 27.5. The normalized spacial score (nSPS) is 13.5. The number of nitrogen functional groups attached to an aromatic ring is 1. The lowest BCUT2D eigenvalue weighted by atomic mass is 10.1. The fraction of sp³-hybridized carbons (Fsp3) is 0.292. The van der Waals surface area contributed by atoms with Gasteiger partial charge in [0.2, 0.25) is 5.91 Å². The van der Waals surface area contributed by atoms with Crippen LogP contribution in [0, 0.1) is 5.92 Å². The van der Waals surface area contributed by atoms with Crippen LogP contribution in [0.25, 0.3) is 21.8 Å². The van der Waals surface area contributed by atoms with Crippen molar-refractivity contribution in [3.05, 3.63) is 59.5 Å². The van der Waals surface area contributed by atoms with Crippen LogP contribution < -0.4 is 5.73 Å². The number of aryl methyl sites for hydroxylation is 1. The predicted octanol–water partition coefficient (Wildman–Crippen LogP) is 3.46. The number of benzene rings is 1. The molecular weight excluding hydrogens is 456 g/mol. The lowest BCUT2D eigenvalue weighted by Gasteiger charge is -2.32. The molecule has 35 heavy (non-hydrogen) atoms. The number of aromatic nitrogens is 4.